The molecule has 0 unspecified atom stereocenters. The summed E-state index contributed by atoms with van der Waals surface area (Å²) in [5.41, 5.74) is -0.287. The number of benzene rings is 1. The van der Waals surface area contributed by atoms with E-state index in [0.29, 0.717) is 0 Å². The van der Waals surface area contributed by atoms with Gasteiger partial charge in [0, 0.05) is 0 Å². The normalized spacial score (nSPS) is 20.1. The summed E-state index contributed by atoms with van der Waals surface area (Å²) in [5.74, 6) is -0.120. The van der Waals surface area contributed by atoms with Crippen molar-refractivity contribution in [2.24, 2.45) is 11.0 Å². The number of hydrogen-bond donors (Lipinski definition) is 0. The molecule has 0 atom stereocenters. The van der Waals surface area contributed by atoms with Crippen LogP contribution in [0.3, 0.4) is 0 Å². The lowest BCUT2D eigenvalue weighted by Crippen LogP contribution is -2.23. The molecule has 0 radical (unpaired) electrons. The predicted molar refractivity (Wildman–Crippen MR) is 68.3 cm³/mol. The van der Waals surface area contributed by atoms with Crippen LogP contribution < -0.4 is 5.01 Å². The number of carbonyl (C=O) groups is 1. The predicted octanol–water partition coefficient (Wildman–Crippen LogP) is 3.60. The van der Waals surface area contributed by atoms with E-state index in [1.54, 1.807) is 0 Å². The molecule has 1 amide bonds. The molecule has 1 heterocycles. The Labute approximate surface area is 114 Å². The first-order valence-electron chi connectivity index (χ1n) is 6.53. The van der Waals surface area contributed by atoms with Gasteiger partial charge in [0.25, 0.3) is 5.91 Å². The van der Waals surface area contributed by atoms with Gasteiger partial charge in [0.05, 0.1) is 23.4 Å². The lowest BCUT2D eigenvalue weighted by atomic mass is 9.81. The second kappa shape index (κ2) is 4.61. The number of nitrogens with zero attached hydrogens (tertiary/aromatic N) is 2. The smallest absolute Gasteiger partial charge is 0.272 e. The van der Waals surface area contributed by atoms with Crippen LogP contribution in [0.4, 0.5) is 18.9 Å². The highest BCUT2D eigenvalue weighted by molar-refractivity contribution is 6.14. The summed E-state index contributed by atoms with van der Waals surface area (Å²) in [5, 5.41) is 5.05. The number of para-hydroxylation sites is 1. The van der Waals surface area contributed by atoms with Crippen LogP contribution in [0, 0.1) is 5.92 Å². The van der Waals surface area contributed by atoms with Gasteiger partial charge in [-0.05, 0) is 30.9 Å². The first-order valence-corrected chi connectivity index (χ1v) is 6.53. The van der Waals surface area contributed by atoms with Crippen molar-refractivity contribution in [2.45, 2.75) is 31.9 Å². The van der Waals surface area contributed by atoms with Crippen LogP contribution in [-0.2, 0) is 11.0 Å². The van der Waals surface area contributed by atoms with Crippen molar-refractivity contribution in [3.8, 4) is 0 Å². The molecular weight excluding hydrogens is 269 g/mol. The average Bonchev–Trinajstić information content (AvgIpc) is 2.67. The molecule has 1 aromatic carbocycles. The molecule has 0 saturated heterocycles. The van der Waals surface area contributed by atoms with Crippen molar-refractivity contribution in [1.82, 2.24) is 0 Å². The zero-order valence-electron chi connectivity index (χ0n) is 10.7. The zero-order chi connectivity index (χ0) is 14.3. The standard InChI is InChI=1S/C14H13F3N2O/c15-14(16,17)10-6-1-2-7-12(10)19-13(20)8-11(18-19)9-4-3-5-9/h1-2,6-7,9H,3-5,8H2. The second-order valence-corrected chi connectivity index (χ2v) is 5.12. The van der Waals surface area contributed by atoms with Crippen LogP contribution in [0.15, 0.2) is 29.4 Å². The minimum absolute atomic E-state index is 0.136. The summed E-state index contributed by atoms with van der Waals surface area (Å²) < 4.78 is 38.9. The average molecular weight is 282 g/mol. The molecule has 1 fully saturated rings. The van der Waals surface area contributed by atoms with Gasteiger partial charge in [-0.15, -0.1) is 0 Å². The van der Waals surface area contributed by atoms with E-state index in [0.717, 1.165) is 36.0 Å². The number of amides is 1. The third-order valence-electron chi connectivity index (χ3n) is 3.81. The van der Waals surface area contributed by atoms with Crippen LogP contribution in [0.2, 0.25) is 0 Å². The molecule has 1 saturated carbocycles. The number of hydrazone groups is 1. The maximum Gasteiger partial charge on any atom is 0.418 e. The molecule has 3 nitrogen and oxygen atoms in total. The summed E-state index contributed by atoms with van der Waals surface area (Å²) in [6, 6.07) is 5.05. The first-order chi connectivity index (χ1) is 9.47. The number of anilines is 1. The Bertz CT molecular complexity index is 576. The lowest BCUT2D eigenvalue weighted by Gasteiger charge is -2.24. The fraction of sp³-hybridized carbons (Fsp3) is 0.429. The van der Waals surface area contributed by atoms with E-state index in [-0.39, 0.29) is 23.9 Å². The number of halogens is 3. The van der Waals surface area contributed by atoms with Crippen molar-refractivity contribution >= 4 is 17.3 Å². The lowest BCUT2D eigenvalue weighted by molar-refractivity contribution is -0.137. The van der Waals surface area contributed by atoms with Gasteiger partial charge in [0.2, 0.25) is 0 Å². The minimum atomic E-state index is -4.49. The largest absolute Gasteiger partial charge is 0.418 e. The van der Waals surface area contributed by atoms with E-state index < -0.39 is 11.7 Å². The van der Waals surface area contributed by atoms with Crippen LogP contribution in [0.1, 0.15) is 31.2 Å². The Balaban J connectivity index is 1.97. The highest BCUT2D eigenvalue weighted by Crippen LogP contribution is 2.39. The topological polar surface area (TPSA) is 32.7 Å². The van der Waals surface area contributed by atoms with Crippen LogP contribution in [0.5, 0.6) is 0 Å². The Morgan fingerprint density at radius 3 is 2.50 bits per heavy atom. The molecule has 20 heavy (non-hydrogen) atoms. The molecule has 106 valence electrons. The molecule has 1 aliphatic heterocycles. The van der Waals surface area contributed by atoms with E-state index >= 15 is 0 Å². The van der Waals surface area contributed by atoms with Gasteiger partial charge in [-0.1, -0.05) is 18.6 Å². The third kappa shape index (κ3) is 2.19. The number of carbonyl (C=O) groups excluding carboxylic acids is 1. The van der Waals surface area contributed by atoms with Crippen LogP contribution in [0.25, 0.3) is 0 Å². The highest BCUT2D eigenvalue weighted by atomic mass is 19.4. The van der Waals surface area contributed by atoms with Gasteiger partial charge in [0.1, 0.15) is 0 Å². The van der Waals surface area contributed by atoms with Gasteiger partial charge in [-0.25, -0.2) is 0 Å². The van der Waals surface area contributed by atoms with E-state index in [1.807, 2.05) is 0 Å². The molecule has 0 spiro atoms. The Hall–Kier alpha value is -1.85. The summed E-state index contributed by atoms with van der Waals surface area (Å²) in [6.07, 6.45) is -1.32. The molecule has 1 aliphatic carbocycles. The molecule has 1 aromatic rings. The summed E-state index contributed by atoms with van der Waals surface area (Å²) in [4.78, 5) is 12.0. The van der Waals surface area contributed by atoms with Crippen molar-refractivity contribution in [1.29, 1.82) is 0 Å². The highest BCUT2D eigenvalue weighted by Gasteiger charge is 2.39. The van der Waals surface area contributed by atoms with Crippen LogP contribution in [-0.4, -0.2) is 11.6 Å². The molecular formula is C14H13F3N2O. The number of hydrogen-bond acceptors (Lipinski definition) is 2. The van der Waals surface area contributed by atoms with E-state index in [9.17, 15) is 18.0 Å². The SMILES string of the molecule is O=C1CC(C2CCC2)=NN1c1ccccc1C(F)(F)F. The van der Waals surface area contributed by atoms with Crippen molar-refractivity contribution in [3.63, 3.8) is 0 Å². The monoisotopic (exact) mass is 282 g/mol. The van der Waals surface area contributed by atoms with Gasteiger partial charge in [-0.2, -0.15) is 23.3 Å². The maximum absolute atomic E-state index is 13.0. The Kier molecular flexibility index (Phi) is 3.03. The molecule has 6 heteroatoms. The van der Waals surface area contributed by atoms with Crippen LogP contribution >= 0.6 is 0 Å². The van der Waals surface area contributed by atoms with E-state index in [1.165, 1.54) is 18.2 Å². The van der Waals surface area contributed by atoms with Gasteiger partial charge in [-0.3, -0.25) is 4.79 Å². The molecule has 3 rings (SSSR count). The van der Waals surface area contributed by atoms with Gasteiger partial charge >= 0.3 is 6.18 Å². The summed E-state index contributed by atoms with van der Waals surface area (Å²) in [6.45, 7) is 0. The zero-order valence-corrected chi connectivity index (χ0v) is 10.7. The Morgan fingerprint density at radius 1 is 1.20 bits per heavy atom. The van der Waals surface area contributed by atoms with Gasteiger partial charge in [0.15, 0.2) is 0 Å². The molecule has 0 bridgehead atoms. The van der Waals surface area contributed by atoms with Crippen molar-refractivity contribution in [2.75, 3.05) is 5.01 Å². The Morgan fingerprint density at radius 2 is 1.90 bits per heavy atom. The number of alkyl halides is 3. The quantitative estimate of drug-likeness (QED) is 0.815. The number of rotatable bonds is 2. The summed E-state index contributed by atoms with van der Waals surface area (Å²) >= 11 is 0. The van der Waals surface area contributed by atoms with Crippen molar-refractivity contribution < 1.29 is 18.0 Å². The fourth-order valence-electron chi connectivity index (χ4n) is 2.50. The van der Waals surface area contributed by atoms with E-state index in [4.69, 9.17) is 0 Å². The van der Waals surface area contributed by atoms with Crippen molar-refractivity contribution in [3.05, 3.63) is 29.8 Å². The maximum atomic E-state index is 13.0. The third-order valence-corrected chi connectivity index (χ3v) is 3.81. The second-order valence-electron chi connectivity index (χ2n) is 5.12. The molecule has 0 N–H and O–H groups in total. The van der Waals surface area contributed by atoms with E-state index in [2.05, 4.69) is 5.10 Å². The molecule has 2 aliphatic rings. The molecule has 0 aromatic heterocycles. The van der Waals surface area contributed by atoms with Gasteiger partial charge < -0.3 is 0 Å². The minimum Gasteiger partial charge on any atom is -0.272 e. The first kappa shape index (κ1) is 13.1. The summed E-state index contributed by atoms with van der Waals surface area (Å²) in [7, 11) is 0. The fourth-order valence-corrected chi connectivity index (χ4v) is 2.50.